The van der Waals surface area contributed by atoms with Crippen LogP contribution in [-0.4, -0.2) is 49.4 Å². The smallest absolute Gasteiger partial charge is 0.237 e. The number of carbonyl (C=O) groups excluding carboxylic acids is 2. The van der Waals surface area contributed by atoms with Crippen molar-refractivity contribution >= 4 is 27.0 Å². The summed E-state index contributed by atoms with van der Waals surface area (Å²) in [5, 5.41) is 5.51. The molecule has 21 heavy (non-hydrogen) atoms. The summed E-state index contributed by atoms with van der Waals surface area (Å²) in [7, 11) is -2.77. The Morgan fingerprint density at radius 2 is 1.95 bits per heavy atom. The first-order chi connectivity index (χ1) is 9.69. The van der Waals surface area contributed by atoms with Crippen LogP contribution in [0.15, 0.2) is 22.1 Å². The second kappa shape index (κ2) is 5.80. The number of hydrogen-bond donors (Lipinski definition) is 2. The fourth-order valence-electron chi connectivity index (χ4n) is 2.01. The summed E-state index contributed by atoms with van der Waals surface area (Å²) in [6, 6.07) is 0. The summed E-state index contributed by atoms with van der Waals surface area (Å²) in [5.41, 5.74) is 2.08. The zero-order valence-electron chi connectivity index (χ0n) is 11.4. The molecular weight excluding hydrogens is 300 g/mol. The van der Waals surface area contributed by atoms with Gasteiger partial charge in [-0.3, -0.25) is 11.1 Å². The van der Waals surface area contributed by atoms with E-state index in [1.807, 2.05) is 0 Å². The van der Waals surface area contributed by atoms with Crippen LogP contribution in [0.2, 0.25) is 0 Å². The minimum Gasteiger partial charge on any atom is -0.356 e. The van der Waals surface area contributed by atoms with Gasteiger partial charge in [0.2, 0.25) is 17.8 Å². The number of nitrogens with zero attached hydrogens (tertiary/aromatic N) is 2. The fourth-order valence-corrected chi connectivity index (χ4v) is 3.20. The Morgan fingerprint density at radius 1 is 1.43 bits per heavy atom. The molecule has 2 atom stereocenters. The SMILES string of the molecule is COC1(N)C=CC(S(=O)(=O)C(C)=N)CC1(N=C=O)N=C=O. The van der Waals surface area contributed by atoms with Gasteiger partial charge in [0.05, 0.1) is 5.25 Å². The van der Waals surface area contributed by atoms with Gasteiger partial charge in [-0.05, 0) is 13.0 Å². The third-order valence-electron chi connectivity index (χ3n) is 3.29. The van der Waals surface area contributed by atoms with E-state index in [0.717, 1.165) is 13.0 Å². The van der Waals surface area contributed by atoms with Crippen molar-refractivity contribution in [3.05, 3.63) is 12.2 Å². The predicted molar refractivity (Wildman–Crippen MR) is 72.8 cm³/mol. The van der Waals surface area contributed by atoms with Crippen LogP contribution in [0, 0.1) is 5.41 Å². The number of ether oxygens (including phenoxy) is 1. The topological polar surface area (TPSA) is 152 Å². The van der Waals surface area contributed by atoms with Crippen LogP contribution in [0.5, 0.6) is 0 Å². The highest BCUT2D eigenvalue weighted by molar-refractivity contribution is 8.06. The van der Waals surface area contributed by atoms with E-state index in [2.05, 4.69) is 9.98 Å². The van der Waals surface area contributed by atoms with Gasteiger partial charge >= 0.3 is 0 Å². The van der Waals surface area contributed by atoms with Crippen molar-refractivity contribution in [1.82, 2.24) is 0 Å². The molecular formula is C11H14N4O5S. The van der Waals surface area contributed by atoms with Crippen LogP contribution in [0.25, 0.3) is 0 Å². The summed E-state index contributed by atoms with van der Waals surface area (Å²) in [6.45, 7) is 1.11. The number of sulfone groups is 1. The molecule has 114 valence electrons. The fraction of sp³-hybridized carbons (Fsp3) is 0.545. The highest BCUT2D eigenvalue weighted by atomic mass is 32.2. The van der Waals surface area contributed by atoms with Crippen LogP contribution < -0.4 is 5.73 Å². The van der Waals surface area contributed by atoms with E-state index in [4.69, 9.17) is 15.9 Å². The van der Waals surface area contributed by atoms with Crippen molar-refractivity contribution < 1.29 is 22.7 Å². The quantitative estimate of drug-likeness (QED) is 0.232. The molecule has 10 heteroatoms. The van der Waals surface area contributed by atoms with Gasteiger partial charge in [0, 0.05) is 13.5 Å². The van der Waals surface area contributed by atoms with Gasteiger partial charge in [-0.25, -0.2) is 18.0 Å². The molecule has 9 nitrogen and oxygen atoms in total. The molecule has 0 heterocycles. The van der Waals surface area contributed by atoms with Gasteiger partial charge in [-0.15, -0.1) is 0 Å². The van der Waals surface area contributed by atoms with Gasteiger partial charge in [0.1, 0.15) is 5.04 Å². The second-order valence-corrected chi connectivity index (χ2v) is 6.73. The molecule has 0 spiro atoms. The zero-order chi connectivity index (χ0) is 16.3. The molecule has 0 amide bonds. The minimum atomic E-state index is -3.96. The number of rotatable bonds is 4. The van der Waals surface area contributed by atoms with E-state index in [-0.39, 0.29) is 0 Å². The van der Waals surface area contributed by atoms with Crippen LogP contribution >= 0.6 is 0 Å². The maximum Gasteiger partial charge on any atom is 0.237 e. The number of hydrogen-bond acceptors (Lipinski definition) is 9. The number of nitrogens with one attached hydrogen (secondary N) is 1. The summed E-state index contributed by atoms with van der Waals surface area (Å²) < 4.78 is 29.1. The normalized spacial score (nSPS) is 31.9. The van der Waals surface area contributed by atoms with Crippen LogP contribution in [0.1, 0.15) is 13.3 Å². The minimum absolute atomic E-state index is 0.448. The molecule has 1 aliphatic carbocycles. The first-order valence-electron chi connectivity index (χ1n) is 5.69. The van der Waals surface area contributed by atoms with Gasteiger partial charge in [0.25, 0.3) is 0 Å². The van der Waals surface area contributed by atoms with Gasteiger partial charge in [-0.2, -0.15) is 9.98 Å². The van der Waals surface area contributed by atoms with Gasteiger partial charge in [0.15, 0.2) is 15.6 Å². The molecule has 3 N–H and O–H groups in total. The van der Waals surface area contributed by atoms with E-state index in [1.54, 1.807) is 0 Å². The average molecular weight is 314 g/mol. The Hall–Kier alpha value is -1.96. The zero-order valence-corrected chi connectivity index (χ0v) is 12.2. The molecule has 0 bridgehead atoms. The average Bonchev–Trinajstić information content (AvgIpc) is 2.42. The number of aliphatic imine (C=N–C) groups is 2. The lowest BCUT2D eigenvalue weighted by Gasteiger charge is -2.41. The molecule has 1 aliphatic rings. The van der Waals surface area contributed by atoms with Crippen LogP contribution in [0.4, 0.5) is 0 Å². The van der Waals surface area contributed by atoms with Crippen LogP contribution in [-0.2, 0) is 24.2 Å². The molecule has 0 fully saturated rings. The van der Waals surface area contributed by atoms with Crippen LogP contribution in [0.3, 0.4) is 0 Å². The largest absolute Gasteiger partial charge is 0.356 e. The highest BCUT2D eigenvalue weighted by Crippen LogP contribution is 2.38. The molecule has 0 aromatic carbocycles. The molecule has 0 aromatic heterocycles. The third-order valence-corrected chi connectivity index (χ3v) is 5.27. The first kappa shape index (κ1) is 17.1. The lowest BCUT2D eigenvalue weighted by molar-refractivity contribution is -0.0315. The van der Waals surface area contributed by atoms with Gasteiger partial charge < -0.3 is 4.74 Å². The van der Waals surface area contributed by atoms with Gasteiger partial charge in [-0.1, -0.05) is 6.08 Å². The Bertz CT molecular complexity index is 655. The van der Waals surface area contributed by atoms with E-state index in [9.17, 15) is 18.0 Å². The maximum atomic E-state index is 12.0. The third kappa shape index (κ3) is 2.76. The summed E-state index contributed by atoms with van der Waals surface area (Å²) in [5.74, 6) is 0. The highest BCUT2D eigenvalue weighted by Gasteiger charge is 2.55. The number of nitrogens with two attached hydrogens (primary N) is 1. The van der Waals surface area contributed by atoms with E-state index in [1.165, 1.54) is 25.3 Å². The van der Waals surface area contributed by atoms with Crippen molar-refractivity contribution in [2.24, 2.45) is 15.7 Å². The monoisotopic (exact) mass is 314 g/mol. The predicted octanol–water partition coefficient (Wildman–Crippen LogP) is -0.604. The van der Waals surface area contributed by atoms with Crippen molar-refractivity contribution in [1.29, 1.82) is 5.41 Å². The standard InChI is InChI=1S/C11H14N4O5S/c1-8(12)21(18,19)9-3-4-10(13,20-2)11(5-9,14-6-16)15-7-17/h3-4,9,12H,5,13H2,1-2H3. The Balaban J connectivity index is 3.55. The van der Waals surface area contributed by atoms with Crippen molar-refractivity contribution in [2.75, 3.05) is 7.11 Å². The molecule has 0 aromatic rings. The van der Waals surface area contributed by atoms with Crippen molar-refractivity contribution in [3.8, 4) is 0 Å². The molecule has 0 aliphatic heterocycles. The molecule has 0 saturated heterocycles. The molecule has 2 unspecified atom stereocenters. The second-order valence-electron chi connectivity index (χ2n) is 4.42. The van der Waals surface area contributed by atoms with E-state index >= 15 is 0 Å². The Morgan fingerprint density at radius 3 is 2.33 bits per heavy atom. The van der Waals surface area contributed by atoms with E-state index < -0.39 is 37.9 Å². The van der Waals surface area contributed by atoms with Crippen molar-refractivity contribution in [2.45, 2.75) is 30.0 Å². The lowest BCUT2D eigenvalue weighted by Crippen LogP contribution is -2.62. The summed E-state index contributed by atoms with van der Waals surface area (Å²) >= 11 is 0. The maximum absolute atomic E-state index is 12.0. The lowest BCUT2D eigenvalue weighted by atomic mass is 9.87. The first-order valence-corrected chi connectivity index (χ1v) is 7.24. The molecule has 1 rings (SSSR count). The van der Waals surface area contributed by atoms with Crippen molar-refractivity contribution in [3.63, 3.8) is 0 Å². The summed E-state index contributed by atoms with van der Waals surface area (Å²) in [4.78, 5) is 28.0. The number of isocyanates is 2. The molecule has 0 saturated carbocycles. The Labute approximate surface area is 121 Å². The molecule has 0 radical (unpaired) electrons. The number of methoxy groups -OCH3 is 1. The van der Waals surface area contributed by atoms with E-state index in [0.29, 0.717) is 0 Å². The Kier molecular flexibility index (Phi) is 4.72. The summed E-state index contributed by atoms with van der Waals surface area (Å²) in [6.07, 6.45) is 4.34.